The number of rotatable bonds is 7. The van der Waals surface area contributed by atoms with Crippen LogP contribution in [0.3, 0.4) is 0 Å². The summed E-state index contributed by atoms with van der Waals surface area (Å²) in [5, 5.41) is 0.209. The molecular formula is C16H23BrF3N. The monoisotopic (exact) mass is 365 g/mol. The van der Waals surface area contributed by atoms with Gasteiger partial charge in [0.1, 0.15) is 0 Å². The number of nitrogens with zero attached hydrogens (tertiary/aromatic N) is 1. The molecule has 1 atom stereocenters. The molecule has 0 saturated carbocycles. The lowest BCUT2D eigenvalue weighted by Gasteiger charge is -2.31. The Hall–Kier alpha value is -0.710. The molecule has 0 saturated heterocycles. The van der Waals surface area contributed by atoms with Gasteiger partial charge in [0.05, 0.1) is 5.56 Å². The number of hydrogen-bond acceptors (Lipinski definition) is 1. The van der Waals surface area contributed by atoms with Crippen molar-refractivity contribution in [3.8, 4) is 0 Å². The highest BCUT2D eigenvalue weighted by Crippen LogP contribution is 2.36. The van der Waals surface area contributed by atoms with E-state index < -0.39 is 11.7 Å². The van der Waals surface area contributed by atoms with Crippen LogP contribution in [0.5, 0.6) is 0 Å². The molecule has 0 heterocycles. The van der Waals surface area contributed by atoms with E-state index in [-0.39, 0.29) is 16.9 Å². The van der Waals surface area contributed by atoms with E-state index in [1.807, 2.05) is 0 Å². The maximum absolute atomic E-state index is 13.2. The van der Waals surface area contributed by atoms with Crippen LogP contribution >= 0.6 is 15.9 Å². The molecule has 120 valence electrons. The van der Waals surface area contributed by atoms with Gasteiger partial charge in [0.2, 0.25) is 0 Å². The fourth-order valence-corrected chi connectivity index (χ4v) is 2.77. The number of benzene rings is 1. The summed E-state index contributed by atoms with van der Waals surface area (Å²) in [6.45, 7) is 6.99. The van der Waals surface area contributed by atoms with Gasteiger partial charge >= 0.3 is 6.18 Å². The normalized spacial score (nSPS) is 13.3. The minimum Gasteiger partial charge on any atom is -0.369 e. The first-order valence-electron chi connectivity index (χ1n) is 7.37. The van der Waals surface area contributed by atoms with Crippen molar-refractivity contribution in [2.24, 2.45) is 0 Å². The van der Waals surface area contributed by atoms with Crippen LogP contribution in [0.1, 0.15) is 51.2 Å². The summed E-state index contributed by atoms with van der Waals surface area (Å²) < 4.78 is 39.5. The lowest BCUT2D eigenvalue weighted by Crippen LogP contribution is -2.33. The van der Waals surface area contributed by atoms with Crippen LogP contribution in [0.2, 0.25) is 0 Å². The van der Waals surface area contributed by atoms with Gasteiger partial charge in [-0.25, -0.2) is 0 Å². The zero-order chi connectivity index (χ0) is 16.0. The highest BCUT2D eigenvalue weighted by Gasteiger charge is 2.33. The summed E-state index contributed by atoms with van der Waals surface area (Å²) in [5.74, 6) is 0. The smallest absolute Gasteiger partial charge is 0.369 e. The Morgan fingerprint density at radius 1 is 1.24 bits per heavy atom. The lowest BCUT2D eigenvalue weighted by atomic mass is 10.1. The second kappa shape index (κ2) is 8.06. The molecule has 1 aromatic carbocycles. The van der Waals surface area contributed by atoms with Gasteiger partial charge < -0.3 is 4.90 Å². The molecule has 0 N–H and O–H groups in total. The second-order valence-corrected chi connectivity index (χ2v) is 5.84. The average Bonchev–Trinajstić information content (AvgIpc) is 2.46. The van der Waals surface area contributed by atoms with Crippen LogP contribution in [-0.4, -0.2) is 12.6 Å². The first-order chi connectivity index (χ1) is 9.85. The number of alkyl halides is 4. The van der Waals surface area contributed by atoms with E-state index in [0.717, 1.165) is 25.8 Å². The molecule has 5 heteroatoms. The van der Waals surface area contributed by atoms with Gasteiger partial charge in [0.25, 0.3) is 0 Å². The molecule has 0 amide bonds. The molecule has 0 aliphatic rings. The van der Waals surface area contributed by atoms with E-state index in [1.165, 1.54) is 6.07 Å². The Labute approximate surface area is 133 Å². The van der Waals surface area contributed by atoms with E-state index in [0.29, 0.717) is 5.69 Å². The SMILES string of the molecule is CCCCN(c1ccc(CBr)c(C(F)(F)F)c1)C(C)CC. The Kier molecular flexibility index (Phi) is 7.04. The zero-order valence-electron chi connectivity index (χ0n) is 12.8. The Balaban J connectivity index is 3.20. The molecule has 1 nitrogen and oxygen atoms in total. The number of anilines is 1. The largest absolute Gasteiger partial charge is 0.416 e. The van der Waals surface area contributed by atoms with Crippen molar-refractivity contribution in [3.05, 3.63) is 29.3 Å². The molecule has 0 aliphatic heterocycles. The van der Waals surface area contributed by atoms with Crippen LogP contribution in [-0.2, 0) is 11.5 Å². The highest BCUT2D eigenvalue weighted by atomic mass is 79.9. The summed E-state index contributed by atoms with van der Waals surface area (Å²) in [6, 6.07) is 4.90. The fourth-order valence-electron chi connectivity index (χ4n) is 2.28. The molecule has 0 fully saturated rings. The lowest BCUT2D eigenvalue weighted by molar-refractivity contribution is -0.138. The Morgan fingerprint density at radius 2 is 1.90 bits per heavy atom. The van der Waals surface area contributed by atoms with Crippen LogP contribution in [0.15, 0.2) is 18.2 Å². The molecule has 1 unspecified atom stereocenters. The predicted molar refractivity (Wildman–Crippen MR) is 86.1 cm³/mol. The van der Waals surface area contributed by atoms with Crippen molar-refractivity contribution < 1.29 is 13.2 Å². The minimum absolute atomic E-state index is 0.209. The quantitative estimate of drug-likeness (QED) is 0.535. The van der Waals surface area contributed by atoms with Crippen LogP contribution in [0.4, 0.5) is 18.9 Å². The van der Waals surface area contributed by atoms with Crippen molar-refractivity contribution in [2.75, 3.05) is 11.4 Å². The standard InChI is InChI=1S/C16H23BrF3N/c1-4-6-9-21(12(3)5-2)14-8-7-13(11-17)15(10-14)16(18,19)20/h7-8,10,12H,4-6,9,11H2,1-3H3. The summed E-state index contributed by atoms with van der Waals surface area (Å²) >= 11 is 3.13. The Bertz CT molecular complexity index is 446. The average molecular weight is 366 g/mol. The third-order valence-electron chi connectivity index (χ3n) is 3.75. The van der Waals surface area contributed by atoms with Gasteiger partial charge in [0, 0.05) is 23.6 Å². The number of hydrogen-bond donors (Lipinski definition) is 0. The maximum Gasteiger partial charge on any atom is 0.416 e. The van der Waals surface area contributed by atoms with Gasteiger partial charge in [-0.15, -0.1) is 0 Å². The van der Waals surface area contributed by atoms with Gasteiger partial charge in [-0.05, 0) is 37.5 Å². The third kappa shape index (κ3) is 4.90. The zero-order valence-corrected chi connectivity index (χ0v) is 14.4. The van der Waals surface area contributed by atoms with Crippen LogP contribution in [0, 0.1) is 0 Å². The van der Waals surface area contributed by atoms with E-state index >= 15 is 0 Å². The van der Waals surface area contributed by atoms with Gasteiger partial charge in [-0.3, -0.25) is 0 Å². The highest BCUT2D eigenvalue weighted by molar-refractivity contribution is 9.08. The summed E-state index contributed by atoms with van der Waals surface area (Å²) in [7, 11) is 0. The van der Waals surface area contributed by atoms with Gasteiger partial charge in [-0.1, -0.05) is 42.3 Å². The number of halogens is 4. The first-order valence-corrected chi connectivity index (χ1v) is 8.50. The molecule has 1 aromatic rings. The van der Waals surface area contributed by atoms with E-state index in [2.05, 4.69) is 41.6 Å². The second-order valence-electron chi connectivity index (χ2n) is 5.28. The van der Waals surface area contributed by atoms with Gasteiger partial charge in [0.15, 0.2) is 0 Å². The van der Waals surface area contributed by atoms with Crippen molar-refractivity contribution in [3.63, 3.8) is 0 Å². The summed E-state index contributed by atoms with van der Waals surface area (Å²) in [5.41, 5.74) is 0.405. The maximum atomic E-state index is 13.2. The van der Waals surface area contributed by atoms with Crippen molar-refractivity contribution >= 4 is 21.6 Å². The summed E-state index contributed by atoms with van der Waals surface area (Å²) in [6.07, 6.45) is -1.40. The molecule has 0 radical (unpaired) electrons. The van der Waals surface area contributed by atoms with Crippen molar-refractivity contribution in [1.82, 2.24) is 0 Å². The Morgan fingerprint density at radius 3 is 2.38 bits per heavy atom. The van der Waals surface area contributed by atoms with Gasteiger partial charge in [-0.2, -0.15) is 13.2 Å². The van der Waals surface area contributed by atoms with Crippen molar-refractivity contribution in [2.45, 2.75) is 57.6 Å². The van der Waals surface area contributed by atoms with E-state index in [1.54, 1.807) is 12.1 Å². The molecule has 0 aliphatic carbocycles. The molecule has 1 rings (SSSR count). The van der Waals surface area contributed by atoms with E-state index in [4.69, 9.17) is 0 Å². The molecule has 0 bridgehead atoms. The molecule has 21 heavy (non-hydrogen) atoms. The molecular weight excluding hydrogens is 343 g/mol. The molecule has 0 aromatic heterocycles. The minimum atomic E-state index is -4.31. The fraction of sp³-hybridized carbons (Fsp3) is 0.625. The topological polar surface area (TPSA) is 3.24 Å². The van der Waals surface area contributed by atoms with E-state index in [9.17, 15) is 13.2 Å². The van der Waals surface area contributed by atoms with Crippen LogP contribution in [0.25, 0.3) is 0 Å². The predicted octanol–water partition coefficient (Wildman–Crippen LogP) is 6.01. The molecule has 0 spiro atoms. The number of unbranched alkanes of at least 4 members (excludes halogenated alkanes) is 1. The van der Waals surface area contributed by atoms with Crippen molar-refractivity contribution in [1.29, 1.82) is 0 Å². The summed E-state index contributed by atoms with van der Waals surface area (Å²) in [4.78, 5) is 2.08. The third-order valence-corrected chi connectivity index (χ3v) is 4.35. The first kappa shape index (κ1) is 18.3. The van der Waals surface area contributed by atoms with Crippen LogP contribution < -0.4 is 4.90 Å².